The molecule has 1 aromatic rings. The first-order valence-electron chi connectivity index (χ1n) is 9.73. The smallest absolute Gasteiger partial charge is 0.223 e. The maximum atomic E-state index is 12.2. The minimum Gasteiger partial charge on any atom is -0.497 e. The van der Waals surface area contributed by atoms with Crippen molar-refractivity contribution in [2.75, 3.05) is 13.7 Å². The Morgan fingerprint density at radius 2 is 2.11 bits per heavy atom. The molecule has 3 N–H and O–H groups in total. The topological polar surface area (TPSA) is 96.9 Å². The van der Waals surface area contributed by atoms with Gasteiger partial charge in [-0.25, -0.2) is 0 Å². The molecule has 1 aromatic carbocycles. The zero-order chi connectivity index (χ0) is 19.9. The molecule has 2 amide bonds. The lowest BCUT2D eigenvalue weighted by molar-refractivity contribution is -0.132. The third-order valence-electron chi connectivity index (χ3n) is 5.26. The lowest BCUT2D eigenvalue weighted by Crippen LogP contribution is -2.51. The van der Waals surface area contributed by atoms with Crippen molar-refractivity contribution in [1.29, 1.82) is 0 Å². The molecule has 28 heavy (non-hydrogen) atoms. The number of carbonyl (C=O) groups is 2. The van der Waals surface area contributed by atoms with Crippen molar-refractivity contribution in [2.24, 2.45) is 5.92 Å². The molecule has 3 rings (SSSR count). The number of amides is 2. The van der Waals surface area contributed by atoms with Gasteiger partial charge in [-0.15, -0.1) is 0 Å². The fourth-order valence-corrected chi connectivity index (χ4v) is 3.33. The summed E-state index contributed by atoms with van der Waals surface area (Å²) in [6, 6.07) is 7.14. The molecular formula is C21H28N2O5. The zero-order valence-electron chi connectivity index (χ0n) is 16.1. The van der Waals surface area contributed by atoms with Crippen LogP contribution in [0, 0.1) is 5.92 Å². The van der Waals surface area contributed by atoms with E-state index in [-0.39, 0.29) is 36.8 Å². The average molecular weight is 388 g/mol. The number of hydrogen-bond acceptors (Lipinski definition) is 5. The number of methoxy groups -OCH3 is 1. The van der Waals surface area contributed by atoms with E-state index in [1.807, 2.05) is 30.3 Å². The van der Waals surface area contributed by atoms with Crippen LogP contribution in [-0.4, -0.2) is 48.9 Å². The predicted octanol–water partition coefficient (Wildman–Crippen LogP) is 1.30. The van der Waals surface area contributed by atoms with E-state index in [0.29, 0.717) is 6.54 Å². The SMILES string of the molecule is COc1cccc(CNC(=O)C[C@@H]2C=C[C@@H](NC(=O)C3CCC3)[C@@H](CO)O2)c1. The monoisotopic (exact) mass is 388 g/mol. The van der Waals surface area contributed by atoms with Crippen molar-refractivity contribution in [3.8, 4) is 5.75 Å². The second kappa shape index (κ2) is 9.71. The summed E-state index contributed by atoms with van der Waals surface area (Å²) >= 11 is 0. The molecule has 7 heteroatoms. The predicted molar refractivity (Wildman–Crippen MR) is 104 cm³/mol. The van der Waals surface area contributed by atoms with Crippen LogP contribution in [0.4, 0.5) is 0 Å². The van der Waals surface area contributed by atoms with E-state index in [1.54, 1.807) is 13.2 Å². The van der Waals surface area contributed by atoms with E-state index >= 15 is 0 Å². The van der Waals surface area contributed by atoms with Crippen LogP contribution in [-0.2, 0) is 20.9 Å². The summed E-state index contributed by atoms with van der Waals surface area (Å²) in [4.78, 5) is 24.4. The maximum absolute atomic E-state index is 12.2. The van der Waals surface area contributed by atoms with Crippen LogP contribution in [0.3, 0.4) is 0 Å². The molecule has 0 saturated heterocycles. The number of aliphatic hydroxyl groups is 1. The summed E-state index contributed by atoms with van der Waals surface area (Å²) in [5.41, 5.74) is 0.944. The van der Waals surface area contributed by atoms with Crippen LogP contribution in [0.1, 0.15) is 31.2 Å². The summed E-state index contributed by atoms with van der Waals surface area (Å²) in [6.07, 6.45) is 5.70. The van der Waals surface area contributed by atoms with Crippen molar-refractivity contribution in [2.45, 2.75) is 50.5 Å². The Balaban J connectivity index is 1.47. The van der Waals surface area contributed by atoms with Gasteiger partial charge in [0.15, 0.2) is 0 Å². The lowest BCUT2D eigenvalue weighted by atomic mass is 9.84. The van der Waals surface area contributed by atoms with Crippen LogP contribution in [0.15, 0.2) is 36.4 Å². The summed E-state index contributed by atoms with van der Waals surface area (Å²) < 4.78 is 11.0. The molecule has 0 radical (unpaired) electrons. The molecule has 1 heterocycles. The van der Waals surface area contributed by atoms with E-state index < -0.39 is 12.2 Å². The van der Waals surface area contributed by atoms with Gasteiger partial charge in [-0.1, -0.05) is 30.7 Å². The van der Waals surface area contributed by atoms with Gasteiger partial charge >= 0.3 is 0 Å². The second-order valence-corrected chi connectivity index (χ2v) is 7.28. The Morgan fingerprint density at radius 1 is 1.29 bits per heavy atom. The molecule has 1 aliphatic carbocycles. The number of carbonyl (C=O) groups excluding carboxylic acids is 2. The fourth-order valence-electron chi connectivity index (χ4n) is 3.33. The van der Waals surface area contributed by atoms with Gasteiger partial charge in [0.25, 0.3) is 0 Å². The number of hydrogen-bond donors (Lipinski definition) is 3. The molecule has 1 saturated carbocycles. The van der Waals surface area contributed by atoms with Crippen molar-refractivity contribution < 1.29 is 24.2 Å². The summed E-state index contributed by atoms with van der Waals surface area (Å²) in [7, 11) is 1.60. The quantitative estimate of drug-likeness (QED) is 0.584. The normalized spacial score (nSPS) is 24.3. The summed E-state index contributed by atoms with van der Waals surface area (Å²) in [5, 5.41) is 15.4. The van der Waals surface area contributed by atoms with E-state index in [2.05, 4.69) is 10.6 Å². The first-order chi connectivity index (χ1) is 13.6. The maximum Gasteiger partial charge on any atom is 0.223 e. The number of nitrogens with one attached hydrogen (secondary N) is 2. The number of rotatable bonds is 8. The van der Waals surface area contributed by atoms with Crippen molar-refractivity contribution in [3.63, 3.8) is 0 Å². The van der Waals surface area contributed by atoms with E-state index in [4.69, 9.17) is 9.47 Å². The second-order valence-electron chi connectivity index (χ2n) is 7.28. The van der Waals surface area contributed by atoms with Gasteiger partial charge < -0.3 is 25.2 Å². The highest BCUT2D eigenvalue weighted by molar-refractivity contribution is 5.80. The molecule has 0 spiro atoms. The fraction of sp³-hybridized carbons (Fsp3) is 0.524. The highest BCUT2D eigenvalue weighted by Crippen LogP contribution is 2.27. The molecule has 0 bridgehead atoms. The van der Waals surface area contributed by atoms with E-state index in [1.165, 1.54) is 0 Å². The number of ether oxygens (including phenoxy) is 2. The van der Waals surface area contributed by atoms with Gasteiger partial charge in [-0.2, -0.15) is 0 Å². The van der Waals surface area contributed by atoms with Gasteiger partial charge in [0.2, 0.25) is 11.8 Å². The van der Waals surface area contributed by atoms with Gasteiger partial charge in [-0.05, 0) is 30.5 Å². The third kappa shape index (κ3) is 5.33. The Morgan fingerprint density at radius 3 is 2.79 bits per heavy atom. The molecule has 152 valence electrons. The summed E-state index contributed by atoms with van der Waals surface area (Å²) in [6.45, 7) is 0.178. The first kappa shape index (κ1) is 20.4. The third-order valence-corrected chi connectivity index (χ3v) is 5.26. The lowest BCUT2D eigenvalue weighted by Gasteiger charge is -2.33. The number of benzene rings is 1. The molecule has 1 fully saturated rings. The minimum absolute atomic E-state index is 0.0115. The van der Waals surface area contributed by atoms with Crippen LogP contribution in [0.25, 0.3) is 0 Å². The van der Waals surface area contributed by atoms with Crippen LogP contribution < -0.4 is 15.4 Å². The van der Waals surface area contributed by atoms with Gasteiger partial charge in [-0.3, -0.25) is 9.59 Å². The molecule has 1 aliphatic heterocycles. The Hall–Kier alpha value is -2.38. The largest absolute Gasteiger partial charge is 0.497 e. The Bertz CT molecular complexity index is 717. The van der Waals surface area contributed by atoms with E-state index in [0.717, 1.165) is 30.6 Å². The Labute approximate surface area is 165 Å². The Kier molecular flexibility index (Phi) is 7.06. The molecule has 0 aromatic heterocycles. The van der Waals surface area contributed by atoms with Gasteiger partial charge in [0.05, 0.1) is 32.3 Å². The zero-order valence-corrected chi connectivity index (χ0v) is 16.1. The standard InChI is InChI=1S/C21H28N2O5/c1-27-16-7-2-4-14(10-16)12-22-20(25)11-17-8-9-18(19(13-24)28-17)23-21(26)15-5-3-6-15/h2,4,7-10,15,17-19,24H,3,5-6,11-13H2,1H3,(H,22,25)(H,23,26)/t17-,18+,19+/m0/s1. The van der Waals surface area contributed by atoms with Crippen molar-refractivity contribution in [1.82, 2.24) is 10.6 Å². The average Bonchev–Trinajstić information content (AvgIpc) is 2.66. The first-order valence-corrected chi connectivity index (χ1v) is 9.73. The van der Waals surface area contributed by atoms with Crippen LogP contribution in [0.2, 0.25) is 0 Å². The van der Waals surface area contributed by atoms with Gasteiger partial charge in [0, 0.05) is 12.5 Å². The van der Waals surface area contributed by atoms with Crippen LogP contribution in [0.5, 0.6) is 5.75 Å². The van der Waals surface area contributed by atoms with Crippen molar-refractivity contribution >= 4 is 11.8 Å². The summed E-state index contributed by atoms with van der Waals surface area (Å²) in [5.74, 6) is 0.683. The molecule has 3 atom stereocenters. The minimum atomic E-state index is -0.551. The number of aliphatic hydroxyl groups excluding tert-OH is 1. The van der Waals surface area contributed by atoms with Gasteiger partial charge in [0.1, 0.15) is 11.9 Å². The molecule has 7 nitrogen and oxygen atoms in total. The molecule has 0 unspecified atom stereocenters. The highest BCUT2D eigenvalue weighted by atomic mass is 16.5. The van der Waals surface area contributed by atoms with Crippen LogP contribution >= 0.6 is 0 Å². The van der Waals surface area contributed by atoms with E-state index in [9.17, 15) is 14.7 Å². The van der Waals surface area contributed by atoms with Crippen molar-refractivity contribution in [3.05, 3.63) is 42.0 Å². The highest BCUT2D eigenvalue weighted by Gasteiger charge is 2.32. The molecular weight excluding hydrogens is 360 g/mol. The molecule has 2 aliphatic rings.